The highest BCUT2D eigenvalue weighted by molar-refractivity contribution is 5.96. The number of halogens is 3. The smallest absolute Gasteiger partial charge is 0.417 e. The predicted octanol–water partition coefficient (Wildman–Crippen LogP) is 3.44. The number of nitrogens with one attached hydrogen (secondary N) is 2. The summed E-state index contributed by atoms with van der Waals surface area (Å²) in [5.41, 5.74) is 1.79. The first-order chi connectivity index (χ1) is 40.0. The second-order valence-electron chi connectivity index (χ2n) is 19.9. The van der Waals surface area contributed by atoms with Gasteiger partial charge in [-0.25, -0.2) is 4.98 Å². The average Bonchev–Trinajstić information content (AvgIpc) is 3.60. The highest BCUT2D eigenvalue weighted by atomic mass is 19.4. The number of amides is 2. The van der Waals surface area contributed by atoms with E-state index in [1.807, 2.05) is 55.1 Å². The van der Waals surface area contributed by atoms with Crippen LogP contribution in [0.3, 0.4) is 0 Å². The Labute approximate surface area is 483 Å². The van der Waals surface area contributed by atoms with Gasteiger partial charge in [-0.3, -0.25) is 43.6 Å². The number of pyridine rings is 1. The van der Waals surface area contributed by atoms with Crippen molar-refractivity contribution in [3.8, 4) is 22.8 Å². The van der Waals surface area contributed by atoms with Crippen LogP contribution in [0.15, 0.2) is 54.6 Å². The van der Waals surface area contributed by atoms with Crippen LogP contribution in [0.5, 0.6) is 11.5 Å². The van der Waals surface area contributed by atoms with Crippen LogP contribution in [0, 0.1) is 0 Å². The first-order valence-electron chi connectivity index (χ1n) is 28.4. The lowest BCUT2D eigenvalue weighted by Crippen LogP contribution is -2.55. The molecule has 3 heterocycles. The summed E-state index contributed by atoms with van der Waals surface area (Å²) in [6.45, 7) is 12.9. The van der Waals surface area contributed by atoms with Crippen LogP contribution >= 0.6 is 0 Å². The highest BCUT2D eigenvalue weighted by Crippen LogP contribution is 2.37. The number of anilines is 1. The summed E-state index contributed by atoms with van der Waals surface area (Å²) in [5.74, 6) is -3.27. The Bertz CT molecular complexity index is 2450. The number of carbonyl (C=O) groups excluding carboxylic acids is 2. The SMILES string of the molecule is CCOc1ccc(C(=O)N2CCN(c3ccc(-c4ccccc4OCC)nc3CNCCCOCCOCCOCCOCCNC(=O)CN3CCN(CC(=O)O)CCN(CC(=O)O)CCN(CC(=O)O)CC3)C(CC)C2)c(C(F)(F)F)c1. The number of aromatic nitrogens is 1. The maximum atomic E-state index is 14.2. The molecule has 26 heteroatoms. The monoisotopic (exact) mass is 1180 g/mol. The van der Waals surface area contributed by atoms with Gasteiger partial charge in [-0.05, 0) is 75.7 Å². The largest absolute Gasteiger partial charge is 0.494 e. The fourth-order valence-corrected chi connectivity index (χ4v) is 9.65. The van der Waals surface area contributed by atoms with Crippen molar-refractivity contribution in [3.05, 3.63) is 71.4 Å². The Morgan fingerprint density at radius 1 is 0.627 bits per heavy atom. The van der Waals surface area contributed by atoms with Crippen molar-refractivity contribution in [2.75, 3.05) is 182 Å². The minimum Gasteiger partial charge on any atom is -0.494 e. The van der Waals surface area contributed by atoms with Gasteiger partial charge in [0, 0.05) is 103 Å². The molecule has 2 saturated heterocycles. The minimum atomic E-state index is -4.74. The molecule has 23 nitrogen and oxygen atoms in total. The van der Waals surface area contributed by atoms with Gasteiger partial charge in [0.1, 0.15) is 11.5 Å². The van der Waals surface area contributed by atoms with E-state index in [1.165, 1.54) is 17.0 Å². The van der Waals surface area contributed by atoms with Gasteiger partial charge in [-0.15, -0.1) is 0 Å². The van der Waals surface area contributed by atoms with Crippen molar-refractivity contribution in [2.24, 2.45) is 0 Å². The molecule has 5 N–H and O–H groups in total. The lowest BCUT2D eigenvalue weighted by Gasteiger charge is -2.43. The van der Waals surface area contributed by atoms with Crippen molar-refractivity contribution in [1.29, 1.82) is 0 Å². The standard InChI is InChI=1S/C57H84F3N9O14/c1-4-43-38-68(56(77)45-13-12-44(82-5-2)36-47(45)57(58,59)60)26-27-69(43)50-15-14-48(46-10-7-8-11-51(46)83-6-3)63-49(50)37-61-16-9-28-78-30-32-80-34-35-81-33-31-79-29-17-62-52(70)39-64-18-20-65(40-53(71)72)22-24-67(42-55(75)76)25-23-66(21-19-64)41-54(73)74/h7-8,10-15,36,43,61H,4-6,9,16-35,37-42H2,1-3H3,(H,62,70)(H,71,72)(H,73,74)(H,75,76). The third-order valence-electron chi connectivity index (χ3n) is 13.8. The minimum absolute atomic E-state index is 0.00675. The molecule has 0 aliphatic carbocycles. The first kappa shape index (κ1) is 67.6. The number of carboxylic acids is 3. The summed E-state index contributed by atoms with van der Waals surface area (Å²) in [5, 5.41) is 34.6. The highest BCUT2D eigenvalue weighted by Gasteiger charge is 2.39. The number of para-hydroxylation sites is 1. The normalized spacial score (nSPS) is 16.5. The van der Waals surface area contributed by atoms with Crippen LogP contribution in [-0.4, -0.2) is 258 Å². The van der Waals surface area contributed by atoms with Gasteiger partial charge in [-0.1, -0.05) is 19.1 Å². The summed E-state index contributed by atoms with van der Waals surface area (Å²) in [7, 11) is 0. The fourth-order valence-electron chi connectivity index (χ4n) is 9.65. The molecular weight excluding hydrogens is 1090 g/mol. The molecule has 1 atom stereocenters. The number of carbonyl (C=O) groups is 5. The van der Waals surface area contributed by atoms with Crippen molar-refractivity contribution >= 4 is 35.4 Å². The average molecular weight is 1180 g/mol. The second-order valence-corrected chi connectivity index (χ2v) is 19.9. The molecule has 0 radical (unpaired) electrons. The zero-order chi connectivity index (χ0) is 60.0. The van der Waals surface area contributed by atoms with E-state index in [9.17, 15) is 52.5 Å². The molecule has 0 bridgehead atoms. The number of hydrogen-bond acceptors (Lipinski definition) is 18. The molecule has 2 aliphatic heterocycles. The Kier molecular flexibility index (Phi) is 29.7. The lowest BCUT2D eigenvalue weighted by molar-refractivity contribution is -0.140. The van der Waals surface area contributed by atoms with E-state index in [1.54, 1.807) is 21.6 Å². The molecule has 3 aromatic rings. The van der Waals surface area contributed by atoms with Gasteiger partial charge in [0.05, 0.1) is 114 Å². The maximum absolute atomic E-state index is 14.2. The molecular formula is C57H84F3N9O14. The molecule has 2 aromatic carbocycles. The molecule has 2 amide bonds. The van der Waals surface area contributed by atoms with Crippen LogP contribution < -0.4 is 25.0 Å². The molecule has 1 unspecified atom stereocenters. The summed E-state index contributed by atoms with van der Waals surface area (Å²) in [4.78, 5) is 77.0. The van der Waals surface area contributed by atoms with Crippen LogP contribution in [0.25, 0.3) is 11.3 Å². The van der Waals surface area contributed by atoms with Crippen molar-refractivity contribution in [1.82, 2.24) is 40.1 Å². The third-order valence-corrected chi connectivity index (χ3v) is 13.8. The number of alkyl halides is 3. The molecule has 0 saturated carbocycles. The van der Waals surface area contributed by atoms with Gasteiger partial charge < -0.3 is 64.2 Å². The van der Waals surface area contributed by atoms with Crippen molar-refractivity contribution < 1.29 is 80.9 Å². The van der Waals surface area contributed by atoms with E-state index < -0.39 is 41.1 Å². The Morgan fingerprint density at radius 3 is 1.71 bits per heavy atom. The zero-order valence-corrected chi connectivity index (χ0v) is 48.1. The topological polar surface area (TPSA) is 258 Å². The number of rotatable bonds is 34. The number of benzene rings is 2. The molecule has 0 spiro atoms. The van der Waals surface area contributed by atoms with Crippen molar-refractivity contribution in [2.45, 2.75) is 52.4 Å². The van der Waals surface area contributed by atoms with E-state index in [4.69, 9.17) is 33.4 Å². The Hall–Kier alpha value is -6.23. The molecule has 2 aliphatic rings. The van der Waals surface area contributed by atoms with E-state index in [0.717, 1.165) is 28.7 Å². The number of aliphatic carboxylic acids is 3. The van der Waals surface area contributed by atoms with E-state index in [-0.39, 0.29) is 103 Å². The predicted molar refractivity (Wildman–Crippen MR) is 302 cm³/mol. The molecule has 5 rings (SSSR count). The van der Waals surface area contributed by atoms with Gasteiger partial charge in [0.2, 0.25) is 5.91 Å². The van der Waals surface area contributed by atoms with Gasteiger partial charge in [0.15, 0.2) is 0 Å². The van der Waals surface area contributed by atoms with Crippen LogP contribution in [0.2, 0.25) is 0 Å². The van der Waals surface area contributed by atoms with Gasteiger partial charge in [-0.2, -0.15) is 13.2 Å². The molecule has 1 aromatic heterocycles. The number of hydrogen-bond donors (Lipinski definition) is 5. The van der Waals surface area contributed by atoms with E-state index in [2.05, 4.69) is 15.5 Å². The quantitative estimate of drug-likeness (QED) is 0.0537. The third kappa shape index (κ3) is 24.1. The van der Waals surface area contributed by atoms with Crippen molar-refractivity contribution in [3.63, 3.8) is 0 Å². The van der Waals surface area contributed by atoms with E-state index >= 15 is 0 Å². The summed E-state index contributed by atoms with van der Waals surface area (Å²) >= 11 is 0. The number of nitrogens with zero attached hydrogens (tertiary/aromatic N) is 7. The van der Waals surface area contributed by atoms with E-state index in [0.29, 0.717) is 117 Å². The number of piperazine rings is 1. The number of carboxylic acid groups (broad SMARTS) is 3. The second kappa shape index (κ2) is 36.5. The zero-order valence-electron chi connectivity index (χ0n) is 48.1. The number of ether oxygens (including phenoxy) is 6. The Balaban J connectivity index is 0.981. The Morgan fingerprint density at radius 2 is 1.17 bits per heavy atom. The molecule has 83 heavy (non-hydrogen) atoms. The summed E-state index contributed by atoms with van der Waals surface area (Å²) in [6, 6.07) is 15.0. The van der Waals surface area contributed by atoms with Gasteiger partial charge in [0.25, 0.3) is 5.91 Å². The first-order valence-corrected chi connectivity index (χ1v) is 28.4. The molecule has 2 fully saturated rings. The van der Waals surface area contributed by atoms with Crippen LogP contribution in [-0.2, 0) is 50.8 Å². The van der Waals surface area contributed by atoms with Gasteiger partial charge >= 0.3 is 24.1 Å². The lowest BCUT2D eigenvalue weighted by atomic mass is 10.0. The summed E-state index contributed by atoms with van der Waals surface area (Å²) < 4.78 is 76.6. The fraction of sp³-hybridized carbons (Fsp3) is 0.614. The molecule has 462 valence electrons. The summed E-state index contributed by atoms with van der Waals surface area (Å²) in [6.07, 6.45) is -3.41. The van der Waals surface area contributed by atoms with Crippen LogP contribution in [0.1, 0.15) is 55.2 Å². The maximum Gasteiger partial charge on any atom is 0.417 e. The van der Waals surface area contributed by atoms with Crippen LogP contribution in [0.4, 0.5) is 18.9 Å².